The van der Waals surface area contributed by atoms with E-state index in [1.807, 2.05) is 0 Å². The third-order valence-electron chi connectivity index (χ3n) is 4.39. The Bertz CT molecular complexity index is 1040. The van der Waals surface area contributed by atoms with Gasteiger partial charge in [0.05, 0.1) is 17.6 Å². The van der Waals surface area contributed by atoms with Crippen LogP contribution in [-0.4, -0.2) is 34.8 Å². The molecule has 6 nitrogen and oxygen atoms in total. The maximum absolute atomic E-state index is 13.3. The lowest BCUT2D eigenvalue weighted by Gasteiger charge is -2.17. The number of aliphatic imine (C=N–C) groups is 1. The van der Waals surface area contributed by atoms with Crippen LogP contribution in [0.1, 0.15) is 22.3 Å². The number of halogens is 3. The molecule has 2 aromatic carbocycles. The Morgan fingerprint density at radius 3 is 2.30 bits per heavy atom. The molecule has 0 radical (unpaired) electrons. The molecule has 0 aromatic heterocycles. The van der Waals surface area contributed by atoms with Gasteiger partial charge in [-0.2, -0.15) is 13.2 Å². The molecule has 0 aliphatic heterocycles. The number of rotatable bonds is 6. The summed E-state index contributed by atoms with van der Waals surface area (Å²) in [5.41, 5.74) is 0.701. The van der Waals surface area contributed by atoms with E-state index in [2.05, 4.69) is 15.6 Å². The van der Waals surface area contributed by atoms with Crippen LogP contribution in [0, 0.1) is 6.92 Å². The number of hydrogen-bond donors (Lipinski definition) is 2. The Kier molecular flexibility index (Phi) is 7.35. The Labute approximate surface area is 174 Å². The van der Waals surface area contributed by atoms with Crippen molar-refractivity contribution in [3.8, 4) is 5.75 Å². The molecule has 30 heavy (non-hydrogen) atoms. The normalized spacial score (nSPS) is 12.6. The van der Waals surface area contributed by atoms with Gasteiger partial charge in [-0.3, -0.25) is 4.99 Å². The van der Waals surface area contributed by atoms with Crippen molar-refractivity contribution in [3.63, 3.8) is 0 Å². The average molecular weight is 443 g/mol. The second-order valence-corrected chi connectivity index (χ2v) is 8.66. The average Bonchev–Trinajstić information content (AvgIpc) is 2.66. The second kappa shape index (κ2) is 9.38. The minimum Gasteiger partial charge on any atom is -0.497 e. The van der Waals surface area contributed by atoms with Gasteiger partial charge in [0.1, 0.15) is 5.75 Å². The van der Waals surface area contributed by atoms with Gasteiger partial charge in [-0.25, -0.2) is 8.42 Å². The largest absolute Gasteiger partial charge is 0.497 e. The van der Waals surface area contributed by atoms with Crippen LogP contribution < -0.4 is 15.4 Å². The van der Waals surface area contributed by atoms with Crippen molar-refractivity contribution in [2.45, 2.75) is 31.1 Å². The number of nitrogens with zero attached hydrogens (tertiary/aromatic N) is 1. The van der Waals surface area contributed by atoms with Gasteiger partial charge in [-0.15, -0.1) is 0 Å². The molecule has 0 heterocycles. The van der Waals surface area contributed by atoms with Gasteiger partial charge in [0.25, 0.3) is 0 Å². The van der Waals surface area contributed by atoms with Crippen molar-refractivity contribution < 1.29 is 26.3 Å². The number of ether oxygens (including phenoxy) is 1. The molecule has 0 saturated heterocycles. The van der Waals surface area contributed by atoms with Crippen LogP contribution in [0.3, 0.4) is 0 Å². The molecule has 10 heteroatoms. The zero-order valence-electron chi connectivity index (χ0n) is 17.1. The summed E-state index contributed by atoms with van der Waals surface area (Å²) in [6, 6.07) is 8.73. The van der Waals surface area contributed by atoms with Crippen LogP contribution in [0.25, 0.3) is 0 Å². The first-order chi connectivity index (χ1) is 14.0. The summed E-state index contributed by atoms with van der Waals surface area (Å²) >= 11 is 0. The van der Waals surface area contributed by atoms with E-state index >= 15 is 0 Å². The van der Waals surface area contributed by atoms with Crippen LogP contribution in [0.4, 0.5) is 13.2 Å². The Balaban J connectivity index is 2.07. The molecule has 2 rings (SSSR count). The lowest BCUT2D eigenvalue weighted by molar-refractivity contribution is -0.138. The van der Waals surface area contributed by atoms with E-state index in [4.69, 9.17) is 4.74 Å². The zero-order chi connectivity index (χ0) is 22.5. The van der Waals surface area contributed by atoms with Crippen LogP contribution in [-0.2, 0) is 29.1 Å². The maximum atomic E-state index is 13.3. The van der Waals surface area contributed by atoms with Crippen LogP contribution in [0.5, 0.6) is 5.75 Å². The van der Waals surface area contributed by atoms with Crippen molar-refractivity contribution in [2.24, 2.45) is 4.99 Å². The van der Waals surface area contributed by atoms with Crippen LogP contribution in [0.15, 0.2) is 46.3 Å². The highest BCUT2D eigenvalue weighted by Crippen LogP contribution is 2.34. The number of benzene rings is 2. The molecule has 0 saturated carbocycles. The third kappa shape index (κ3) is 6.12. The highest BCUT2D eigenvalue weighted by molar-refractivity contribution is 7.90. The van der Waals surface area contributed by atoms with E-state index in [0.717, 1.165) is 17.9 Å². The molecule has 0 aliphatic carbocycles. The zero-order valence-corrected chi connectivity index (χ0v) is 17.9. The van der Waals surface area contributed by atoms with E-state index in [1.165, 1.54) is 32.4 Å². The lowest BCUT2D eigenvalue weighted by atomic mass is 10.1. The van der Waals surface area contributed by atoms with Crippen molar-refractivity contribution in [1.29, 1.82) is 0 Å². The molecule has 0 atom stereocenters. The van der Waals surface area contributed by atoms with Gasteiger partial charge in [-0.1, -0.05) is 18.2 Å². The first kappa shape index (κ1) is 23.5. The van der Waals surface area contributed by atoms with Gasteiger partial charge >= 0.3 is 6.18 Å². The Morgan fingerprint density at radius 1 is 1.10 bits per heavy atom. The topological polar surface area (TPSA) is 79.8 Å². The number of alkyl halides is 3. The highest BCUT2D eigenvalue weighted by Gasteiger charge is 2.33. The molecule has 2 aromatic rings. The number of guanidine groups is 1. The first-order valence-corrected chi connectivity index (χ1v) is 10.8. The summed E-state index contributed by atoms with van der Waals surface area (Å²) < 4.78 is 68.3. The van der Waals surface area contributed by atoms with Gasteiger partial charge in [0.15, 0.2) is 15.8 Å². The number of aryl methyl sites for hydroxylation is 1. The molecule has 0 spiro atoms. The third-order valence-corrected chi connectivity index (χ3v) is 5.65. The van der Waals surface area contributed by atoms with Gasteiger partial charge < -0.3 is 15.4 Å². The van der Waals surface area contributed by atoms with Gasteiger partial charge in [-0.05, 0) is 41.8 Å². The van der Waals surface area contributed by atoms with Gasteiger partial charge in [0.2, 0.25) is 0 Å². The fourth-order valence-electron chi connectivity index (χ4n) is 2.92. The fraction of sp³-hybridized carbons (Fsp3) is 0.350. The fourth-order valence-corrected chi connectivity index (χ4v) is 3.88. The predicted molar refractivity (Wildman–Crippen MR) is 109 cm³/mol. The molecule has 0 aliphatic rings. The monoisotopic (exact) mass is 443 g/mol. The van der Waals surface area contributed by atoms with E-state index < -0.39 is 21.6 Å². The minimum atomic E-state index is -4.51. The van der Waals surface area contributed by atoms with E-state index in [9.17, 15) is 21.6 Å². The van der Waals surface area contributed by atoms with Crippen molar-refractivity contribution in [1.82, 2.24) is 10.6 Å². The Morgan fingerprint density at radius 2 is 1.77 bits per heavy atom. The molecular weight excluding hydrogens is 419 g/mol. The summed E-state index contributed by atoms with van der Waals surface area (Å²) in [5, 5.41) is 5.86. The predicted octanol–water partition coefficient (Wildman–Crippen LogP) is 3.29. The van der Waals surface area contributed by atoms with Crippen molar-refractivity contribution in [2.75, 3.05) is 20.4 Å². The van der Waals surface area contributed by atoms with E-state index in [1.54, 1.807) is 19.1 Å². The SMILES string of the molecule is CN=C(NCc1ccc(S(C)(=O)=O)c(C)c1)NCc1ccc(OC)cc1C(F)(F)F. The van der Waals surface area contributed by atoms with E-state index in [0.29, 0.717) is 18.1 Å². The first-order valence-electron chi connectivity index (χ1n) is 8.94. The second-order valence-electron chi connectivity index (χ2n) is 6.67. The van der Waals surface area contributed by atoms with Crippen molar-refractivity contribution >= 4 is 15.8 Å². The van der Waals surface area contributed by atoms with Crippen LogP contribution in [0.2, 0.25) is 0 Å². The highest BCUT2D eigenvalue weighted by atomic mass is 32.2. The summed E-state index contributed by atoms with van der Waals surface area (Å²) in [7, 11) is -0.489. The maximum Gasteiger partial charge on any atom is 0.416 e. The molecular formula is C20H24F3N3O3S. The smallest absolute Gasteiger partial charge is 0.416 e. The molecule has 164 valence electrons. The molecule has 0 amide bonds. The van der Waals surface area contributed by atoms with E-state index in [-0.39, 0.29) is 22.8 Å². The number of methoxy groups -OCH3 is 1. The summed E-state index contributed by atoms with van der Waals surface area (Å²) in [4.78, 5) is 4.27. The Hall–Kier alpha value is -2.75. The molecule has 0 fully saturated rings. The summed E-state index contributed by atoms with van der Waals surface area (Å²) in [5.74, 6) is 0.435. The number of sulfone groups is 1. The quantitative estimate of drug-likeness (QED) is 0.529. The standard InChI is InChI=1S/C20H24F3N3O3S/c1-13-9-14(5-8-18(13)30(4,27)28)11-25-19(24-2)26-12-15-6-7-16(29-3)10-17(15)20(21,22)23/h5-10H,11-12H2,1-4H3,(H2,24,25,26). The van der Waals surface area contributed by atoms with Crippen LogP contribution >= 0.6 is 0 Å². The summed E-state index contributed by atoms with van der Waals surface area (Å²) in [6.07, 6.45) is -3.37. The molecule has 2 N–H and O–H groups in total. The number of hydrogen-bond acceptors (Lipinski definition) is 4. The number of nitrogens with one attached hydrogen (secondary N) is 2. The summed E-state index contributed by atoms with van der Waals surface area (Å²) in [6.45, 7) is 1.93. The molecule has 0 unspecified atom stereocenters. The minimum absolute atomic E-state index is 0.0552. The lowest BCUT2D eigenvalue weighted by Crippen LogP contribution is -2.36. The van der Waals surface area contributed by atoms with Gasteiger partial charge in [0, 0.05) is 26.4 Å². The molecule has 0 bridgehead atoms. The van der Waals surface area contributed by atoms with Crippen molar-refractivity contribution in [3.05, 3.63) is 58.7 Å².